The second kappa shape index (κ2) is 3.82. The lowest BCUT2D eigenvalue weighted by Gasteiger charge is -2.43. The van der Waals surface area contributed by atoms with Crippen molar-refractivity contribution < 1.29 is 9.47 Å². The lowest BCUT2D eigenvalue weighted by atomic mass is 9.86. The largest absolute Gasteiger partial charge is 0.349 e. The van der Waals surface area contributed by atoms with Crippen LogP contribution in [0.1, 0.15) is 52.4 Å². The van der Waals surface area contributed by atoms with Gasteiger partial charge in [0.1, 0.15) is 0 Å². The quantitative estimate of drug-likeness (QED) is 0.678. The Morgan fingerprint density at radius 3 is 2.14 bits per heavy atom. The maximum atomic E-state index is 5.97. The van der Waals surface area contributed by atoms with Crippen molar-refractivity contribution in [2.75, 3.05) is 13.2 Å². The van der Waals surface area contributed by atoms with Gasteiger partial charge in [0.25, 0.3) is 0 Å². The third-order valence-corrected chi connectivity index (χ3v) is 3.59. The van der Waals surface area contributed by atoms with E-state index in [0.717, 1.165) is 26.1 Å². The summed E-state index contributed by atoms with van der Waals surface area (Å²) in [6.07, 6.45) is 7.18. The molecule has 1 saturated carbocycles. The summed E-state index contributed by atoms with van der Waals surface area (Å²) < 4.78 is 11.9. The van der Waals surface area contributed by atoms with Crippen molar-refractivity contribution in [1.29, 1.82) is 0 Å². The van der Waals surface area contributed by atoms with Gasteiger partial charge in [-0.15, -0.1) is 0 Å². The minimum absolute atomic E-state index is 0.173. The zero-order chi connectivity index (χ0) is 10.1. The van der Waals surface area contributed by atoms with E-state index in [1.165, 1.54) is 25.7 Å². The van der Waals surface area contributed by atoms with Gasteiger partial charge in [-0.3, -0.25) is 0 Å². The first kappa shape index (κ1) is 10.4. The van der Waals surface area contributed by atoms with Crippen molar-refractivity contribution in [2.45, 2.75) is 58.2 Å². The molecule has 1 aliphatic carbocycles. The molecule has 0 bridgehead atoms. The van der Waals surface area contributed by atoms with Crippen molar-refractivity contribution in [3.63, 3.8) is 0 Å². The highest BCUT2D eigenvalue weighted by atomic mass is 16.7. The zero-order valence-electron chi connectivity index (χ0n) is 9.47. The average molecular weight is 198 g/mol. The zero-order valence-corrected chi connectivity index (χ0v) is 9.47. The fraction of sp³-hybridized carbons (Fsp3) is 1.00. The molecule has 0 unspecified atom stereocenters. The topological polar surface area (TPSA) is 18.5 Å². The maximum Gasteiger partial charge on any atom is 0.168 e. The van der Waals surface area contributed by atoms with Gasteiger partial charge in [0.05, 0.1) is 13.2 Å². The summed E-state index contributed by atoms with van der Waals surface area (Å²) in [5, 5.41) is 0. The van der Waals surface area contributed by atoms with Crippen LogP contribution < -0.4 is 0 Å². The molecule has 1 aliphatic heterocycles. The van der Waals surface area contributed by atoms with E-state index in [-0.39, 0.29) is 11.2 Å². The van der Waals surface area contributed by atoms with Gasteiger partial charge in [-0.25, -0.2) is 0 Å². The van der Waals surface area contributed by atoms with Crippen molar-refractivity contribution in [3.8, 4) is 0 Å². The van der Waals surface area contributed by atoms with Gasteiger partial charge in [0.15, 0.2) is 5.79 Å². The molecule has 1 saturated heterocycles. The van der Waals surface area contributed by atoms with E-state index in [1.54, 1.807) is 0 Å². The Hall–Kier alpha value is -0.0800. The molecule has 1 spiro atoms. The number of hydrogen-bond donors (Lipinski definition) is 0. The summed E-state index contributed by atoms with van der Waals surface area (Å²) in [5.41, 5.74) is 0.266. The van der Waals surface area contributed by atoms with Gasteiger partial charge in [-0.1, -0.05) is 20.3 Å². The van der Waals surface area contributed by atoms with Gasteiger partial charge in [-0.2, -0.15) is 0 Å². The predicted octanol–water partition coefficient (Wildman–Crippen LogP) is 3.11. The van der Waals surface area contributed by atoms with E-state index < -0.39 is 0 Å². The molecular weight excluding hydrogens is 176 g/mol. The summed E-state index contributed by atoms with van der Waals surface area (Å²) in [6.45, 7) is 6.28. The van der Waals surface area contributed by atoms with Gasteiger partial charge in [0, 0.05) is 18.3 Å². The lowest BCUT2D eigenvalue weighted by molar-refractivity contribution is -0.298. The Balaban J connectivity index is 1.90. The van der Waals surface area contributed by atoms with Crippen molar-refractivity contribution in [2.24, 2.45) is 5.41 Å². The summed E-state index contributed by atoms with van der Waals surface area (Å²) >= 11 is 0. The van der Waals surface area contributed by atoms with Crippen LogP contribution in [0.4, 0.5) is 0 Å². The van der Waals surface area contributed by atoms with Gasteiger partial charge >= 0.3 is 0 Å². The summed E-state index contributed by atoms with van der Waals surface area (Å²) in [4.78, 5) is 0. The van der Waals surface area contributed by atoms with Crippen LogP contribution in [0, 0.1) is 5.41 Å². The molecule has 2 fully saturated rings. The summed E-state index contributed by atoms with van der Waals surface area (Å²) in [7, 11) is 0. The highest BCUT2D eigenvalue weighted by molar-refractivity contribution is 4.85. The Bertz CT molecular complexity index is 184. The molecule has 2 aliphatic rings. The van der Waals surface area contributed by atoms with Crippen LogP contribution in [-0.4, -0.2) is 19.0 Å². The van der Waals surface area contributed by atoms with E-state index in [0.29, 0.717) is 0 Å². The molecule has 1 heterocycles. The first-order valence-corrected chi connectivity index (χ1v) is 5.96. The van der Waals surface area contributed by atoms with Crippen molar-refractivity contribution >= 4 is 0 Å². The molecule has 0 amide bonds. The molecular formula is C12H22O2. The van der Waals surface area contributed by atoms with E-state index in [2.05, 4.69) is 13.8 Å². The minimum atomic E-state index is -0.173. The fourth-order valence-electron chi connectivity index (χ4n) is 2.65. The Morgan fingerprint density at radius 2 is 1.64 bits per heavy atom. The van der Waals surface area contributed by atoms with Crippen LogP contribution in [0.5, 0.6) is 0 Å². The van der Waals surface area contributed by atoms with Crippen LogP contribution in [0.25, 0.3) is 0 Å². The van der Waals surface area contributed by atoms with Crippen molar-refractivity contribution in [3.05, 3.63) is 0 Å². The van der Waals surface area contributed by atoms with Crippen LogP contribution in [0.2, 0.25) is 0 Å². The monoisotopic (exact) mass is 198 g/mol. The number of rotatable bonds is 2. The molecule has 0 aromatic rings. The van der Waals surface area contributed by atoms with E-state index in [9.17, 15) is 0 Å². The van der Waals surface area contributed by atoms with Crippen LogP contribution in [-0.2, 0) is 9.47 Å². The standard InChI is InChI=1S/C12H22O2/c1-3-6-11(2)9-13-12(14-10-11)7-4-5-8-12/h3-10H2,1-2H3. The normalized spacial score (nSPS) is 29.6. The fourth-order valence-corrected chi connectivity index (χ4v) is 2.65. The van der Waals surface area contributed by atoms with Gasteiger partial charge in [0.2, 0.25) is 0 Å². The van der Waals surface area contributed by atoms with Gasteiger partial charge < -0.3 is 9.47 Å². The molecule has 82 valence electrons. The Morgan fingerprint density at radius 1 is 1.07 bits per heavy atom. The molecule has 2 nitrogen and oxygen atoms in total. The molecule has 0 atom stereocenters. The van der Waals surface area contributed by atoms with Crippen LogP contribution in [0.15, 0.2) is 0 Å². The second-order valence-corrected chi connectivity index (χ2v) is 5.26. The third kappa shape index (κ3) is 1.96. The number of hydrogen-bond acceptors (Lipinski definition) is 2. The molecule has 0 aromatic carbocycles. The third-order valence-electron chi connectivity index (χ3n) is 3.59. The first-order chi connectivity index (χ1) is 6.68. The van der Waals surface area contributed by atoms with Gasteiger partial charge in [-0.05, 0) is 19.3 Å². The molecule has 0 aromatic heterocycles. The number of ether oxygens (including phenoxy) is 2. The van der Waals surface area contributed by atoms with Crippen LogP contribution in [0.3, 0.4) is 0 Å². The molecule has 2 heteroatoms. The molecule has 0 radical (unpaired) electrons. The predicted molar refractivity (Wildman–Crippen MR) is 56.1 cm³/mol. The second-order valence-electron chi connectivity index (χ2n) is 5.26. The van der Waals surface area contributed by atoms with E-state index in [4.69, 9.17) is 9.47 Å². The van der Waals surface area contributed by atoms with E-state index >= 15 is 0 Å². The van der Waals surface area contributed by atoms with Crippen LogP contribution >= 0.6 is 0 Å². The average Bonchev–Trinajstić information content (AvgIpc) is 2.61. The SMILES string of the molecule is CCCC1(C)COC2(CCCC2)OC1. The maximum absolute atomic E-state index is 5.97. The molecule has 0 N–H and O–H groups in total. The summed E-state index contributed by atoms with van der Waals surface area (Å²) in [6, 6.07) is 0. The molecule has 14 heavy (non-hydrogen) atoms. The summed E-state index contributed by atoms with van der Waals surface area (Å²) in [5.74, 6) is -0.173. The highest BCUT2D eigenvalue weighted by Gasteiger charge is 2.43. The Labute approximate surface area is 87.0 Å². The lowest BCUT2D eigenvalue weighted by Crippen LogP contribution is -2.46. The minimum Gasteiger partial charge on any atom is -0.349 e. The first-order valence-electron chi connectivity index (χ1n) is 5.96. The molecule has 2 rings (SSSR count). The Kier molecular flexibility index (Phi) is 2.85. The smallest absolute Gasteiger partial charge is 0.168 e. The highest BCUT2D eigenvalue weighted by Crippen LogP contribution is 2.41. The van der Waals surface area contributed by atoms with Crippen molar-refractivity contribution in [1.82, 2.24) is 0 Å². The van der Waals surface area contributed by atoms with E-state index in [1.807, 2.05) is 0 Å².